The summed E-state index contributed by atoms with van der Waals surface area (Å²) in [5.74, 6) is -2.16. The molecule has 1 aliphatic rings. The SMILES string of the molecule is Cl.N[C@H]1C(=O)NC[C@@H]1C(=O)O. The molecule has 1 aliphatic heterocycles. The molecule has 6 heteroatoms. The predicted molar refractivity (Wildman–Crippen MR) is 39.4 cm³/mol. The number of carboxylic acid groups (broad SMARTS) is 1. The van der Waals surface area contributed by atoms with Gasteiger partial charge in [-0.25, -0.2) is 0 Å². The quantitative estimate of drug-likeness (QED) is 0.461. The van der Waals surface area contributed by atoms with Crippen molar-refractivity contribution in [3.63, 3.8) is 0 Å². The molecule has 1 amide bonds. The van der Waals surface area contributed by atoms with Crippen molar-refractivity contribution in [2.45, 2.75) is 6.04 Å². The Hall–Kier alpha value is -0.810. The number of amides is 1. The van der Waals surface area contributed by atoms with Crippen LogP contribution in [0.15, 0.2) is 0 Å². The van der Waals surface area contributed by atoms with Gasteiger partial charge in [0.15, 0.2) is 0 Å². The summed E-state index contributed by atoms with van der Waals surface area (Å²) in [7, 11) is 0. The molecule has 1 heterocycles. The van der Waals surface area contributed by atoms with Gasteiger partial charge in [0, 0.05) is 6.54 Å². The summed E-state index contributed by atoms with van der Waals surface area (Å²) in [6, 6.07) is -0.877. The Bertz CT molecular complexity index is 185. The molecule has 0 aliphatic carbocycles. The van der Waals surface area contributed by atoms with E-state index in [1.165, 1.54) is 0 Å². The van der Waals surface area contributed by atoms with Crippen molar-refractivity contribution in [2.75, 3.05) is 6.54 Å². The number of nitrogens with two attached hydrogens (primary N) is 1. The highest BCUT2D eigenvalue weighted by atomic mass is 35.5. The topological polar surface area (TPSA) is 92.4 Å². The number of nitrogens with one attached hydrogen (secondary N) is 1. The van der Waals surface area contributed by atoms with Gasteiger partial charge in [0.2, 0.25) is 5.91 Å². The van der Waals surface area contributed by atoms with Crippen molar-refractivity contribution in [3.05, 3.63) is 0 Å². The number of rotatable bonds is 1. The highest BCUT2D eigenvalue weighted by Gasteiger charge is 2.36. The van der Waals surface area contributed by atoms with E-state index in [1.807, 2.05) is 0 Å². The van der Waals surface area contributed by atoms with E-state index in [0.29, 0.717) is 0 Å². The molecule has 0 radical (unpaired) electrons. The smallest absolute Gasteiger partial charge is 0.310 e. The van der Waals surface area contributed by atoms with E-state index in [-0.39, 0.29) is 24.9 Å². The number of carbonyl (C=O) groups excluding carboxylic acids is 1. The molecule has 1 fully saturated rings. The highest BCUT2D eigenvalue weighted by Crippen LogP contribution is 2.06. The molecule has 0 aromatic heterocycles. The van der Waals surface area contributed by atoms with Gasteiger partial charge in [0.25, 0.3) is 0 Å². The fourth-order valence-corrected chi connectivity index (χ4v) is 0.879. The maximum Gasteiger partial charge on any atom is 0.310 e. The van der Waals surface area contributed by atoms with Gasteiger partial charge >= 0.3 is 5.97 Å². The zero-order valence-corrected chi connectivity index (χ0v) is 6.43. The molecular formula is C5H9ClN2O3. The maximum atomic E-state index is 10.6. The molecule has 11 heavy (non-hydrogen) atoms. The normalized spacial score (nSPS) is 29.0. The lowest BCUT2D eigenvalue weighted by Crippen LogP contribution is -2.37. The second-order valence-corrected chi connectivity index (χ2v) is 2.22. The molecule has 0 aromatic rings. The van der Waals surface area contributed by atoms with E-state index in [1.54, 1.807) is 0 Å². The molecule has 1 rings (SSSR count). The van der Waals surface area contributed by atoms with Crippen LogP contribution in [0.1, 0.15) is 0 Å². The van der Waals surface area contributed by atoms with Crippen LogP contribution in [0, 0.1) is 5.92 Å². The van der Waals surface area contributed by atoms with Gasteiger partial charge < -0.3 is 16.2 Å². The van der Waals surface area contributed by atoms with Crippen LogP contribution >= 0.6 is 12.4 Å². The number of hydrogen-bond donors (Lipinski definition) is 3. The summed E-state index contributed by atoms with van der Waals surface area (Å²) in [6.07, 6.45) is 0. The van der Waals surface area contributed by atoms with Gasteiger partial charge in [-0.1, -0.05) is 0 Å². The Labute approximate surface area is 69.4 Å². The molecule has 0 spiro atoms. The first-order valence-corrected chi connectivity index (χ1v) is 2.89. The Kier molecular flexibility index (Phi) is 3.28. The van der Waals surface area contributed by atoms with Gasteiger partial charge in [-0.15, -0.1) is 12.4 Å². The molecule has 0 unspecified atom stereocenters. The van der Waals surface area contributed by atoms with E-state index in [2.05, 4.69) is 5.32 Å². The third-order valence-corrected chi connectivity index (χ3v) is 1.55. The minimum absolute atomic E-state index is 0. The number of halogens is 1. The number of carbonyl (C=O) groups is 2. The van der Waals surface area contributed by atoms with Crippen LogP contribution in [0.3, 0.4) is 0 Å². The number of carboxylic acids is 1. The molecule has 64 valence electrons. The van der Waals surface area contributed by atoms with Crippen molar-refractivity contribution in [1.29, 1.82) is 0 Å². The van der Waals surface area contributed by atoms with Crippen molar-refractivity contribution < 1.29 is 14.7 Å². The summed E-state index contributed by atoms with van der Waals surface area (Å²) < 4.78 is 0. The summed E-state index contributed by atoms with van der Waals surface area (Å²) in [4.78, 5) is 20.9. The molecule has 1 saturated heterocycles. The van der Waals surface area contributed by atoms with Crippen LogP contribution in [-0.2, 0) is 9.59 Å². The molecule has 4 N–H and O–H groups in total. The second kappa shape index (κ2) is 3.54. The molecule has 0 aromatic carbocycles. The lowest BCUT2D eigenvalue weighted by Gasteiger charge is -2.04. The van der Waals surface area contributed by atoms with Crippen LogP contribution in [-0.4, -0.2) is 29.6 Å². The first kappa shape index (κ1) is 10.2. The lowest BCUT2D eigenvalue weighted by atomic mass is 10.1. The maximum absolute atomic E-state index is 10.6. The van der Waals surface area contributed by atoms with Gasteiger partial charge in [0.1, 0.15) is 0 Å². The molecule has 2 atom stereocenters. The largest absolute Gasteiger partial charge is 0.481 e. The van der Waals surface area contributed by atoms with Crippen LogP contribution in [0.5, 0.6) is 0 Å². The van der Waals surface area contributed by atoms with Gasteiger partial charge in [-0.2, -0.15) is 0 Å². The summed E-state index contributed by atoms with van der Waals surface area (Å²) in [5.41, 5.74) is 5.23. The molecule has 5 nitrogen and oxygen atoms in total. The zero-order valence-electron chi connectivity index (χ0n) is 5.61. The van der Waals surface area contributed by atoms with Crippen LogP contribution < -0.4 is 11.1 Å². The Morgan fingerprint density at radius 2 is 2.27 bits per heavy atom. The predicted octanol–water partition coefficient (Wildman–Crippen LogP) is -1.43. The Morgan fingerprint density at radius 3 is 2.45 bits per heavy atom. The summed E-state index contributed by atoms with van der Waals surface area (Å²) in [5, 5.41) is 10.8. The first-order valence-electron chi connectivity index (χ1n) is 2.89. The van der Waals surface area contributed by atoms with E-state index in [4.69, 9.17) is 10.8 Å². The Balaban J connectivity index is 0.000001000. The van der Waals surface area contributed by atoms with E-state index in [0.717, 1.165) is 0 Å². The zero-order chi connectivity index (χ0) is 7.72. The molecule has 0 bridgehead atoms. The van der Waals surface area contributed by atoms with Gasteiger partial charge in [-0.3, -0.25) is 9.59 Å². The molecule has 0 saturated carbocycles. The molecular weight excluding hydrogens is 172 g/mol. The van der Waals surface area contributed by atoms with Gasteiger partial charge in [0.05, 0.1) is 12.0 Å². The van der Waals surface area contributed by atoms with Crippen molar-refractivity contribution >= 4 is 24.3 Å². The van der Waals surface area contributed by atoms with E-state index in [9.17, 15) is 9.59 Å². The van der Waals surface area contributed by atoms with Crippen molar-refractivity contribution in [1.82, 2.24) is 5.32 Å². The van der Waals surface area contributed by atoms with Crippen molar-refractivity contribution in [2.24, 2.45) is 11.7 Å². The first-order chi connectivity index (χ1) is 4.63. The monoisotopic (exact) mass is 180 g/mol. The summed E-state index contributed by atoms with van der Waals surface area (Å²) >= 11 is 0. The second-order valence-electron chi connectivity index (χ2n) is 2.22. The third kappa shape index (κ3) is 1.81. The van der Waals surface area contributed by atoms with Gasteiger partial charge in [-0.05, 0) is 0 Å². The van der Waals surface area contributed by atoms with Crippen LogP contribution in [0.2, 0.25) is 0 Å². The Morgan fingerprint density at radius 1 is 1.73 bits per heavy atom. The lowest BCUT2D eigenvalue weighted by molar-refractivity contribution is -0.142. The number of hydrogen-bond acceptors (Lipinski definition) is 3. The number of aliphatic carboxylic acids is 1. The van der Waals surface area contributed by atoms with E-state index < -0.39 is 17.9 Å². The average Bonchev–Trinajstić information content (AvgIpc) is 2.14. The minimum Gasteiger partial charge on any atom is -0.481 e. The van der Waals surface area contributed by atoms with Crippen LogP contribution in [0.4, 0.5) is 0 Å². The standard InChI is InChI=1S/C5H8N2O3.ClH/c6-3-2(5(9)10)1-7-4(3)8;/h2-3H,1,6H2,(H,7,8)(H,9,10);1H/t2-,3+;/m0./s1. The van der Waals surface area contributed by atoms with E-state index >= 15 is 0 Å². The fraction of sp³-hybridized carbons (Fsp3) is 0.600. The fourth-order valence-electron chi connectivity index (χ4n) is 0.879. The third-order valence-electron chi connectivity index (χ3n) is 1.55. The van der Waals surface area contributed by atoms with Crippen LogP contribution in [0.25, 0.3) is 0 Å². The van der Waals surface area contributed by atoms with Crippen molar-refractivity contribution in [3.8, 4) is 0 Å². The average molecular weight is 181 g/mol. The summed E-state index contributed by atoms with van der Waals surface area (Å²) in [6.45, 7) is 0.148. The highest BCUT2D eigenvalue weighted by molar-refractivity contribution is 5.90. The minimum atomic E-state index is -1.02.